The van der Waals surface area contributed by atoms with Crippen molar-refractivity contribution in [3.8, 4) is 33.6 Å². The third-order valence-electron chi connectivity index (χ3n) is 9.66. The number of benzene rings is 2. The Morgan fingerprint density at radius 2 is 0.963 bits per heavy atom. The third kappa shape index (κ3) is 9.79. The van der Waals surface area contributed by atoms with Crippen molar-refractivity contribution < 1.29 is 28.7 Å². The molecule has 0 saturated heterocycles. The molecule has 0 radical (unpaired) electrons. The van der Waals surface area contributed by atoms with Crippen LogP contribution in [0, 0.1) is 37.5 Å². The summed E-state index contributed by atoms with van der Waals surface area (Å²) in [6.07, 6.45) is 1.29. The number of primary amides is 2. The van der Waals surface area contributed by atoms with E-state index >= 15 is 0 Å². The highest BCUT2D eigenvalue weighted by Gasteiger charge is 2.32. The Labute approximate surface area is 316 Å². The highest BCUT2D eigenvalue weighted by molar-refractivity contribution is 5.88. The monoisotopic (exact) mass is 742 g/mol. The van der Waals surface area contributed by atoms with Crippen LogP contribution in [0.4, 0.5) is 9.59 Å². The minimum atomic E-state index is -1.14. The van der Waals surface area contributed by atoms with E-state index in [2.05, 4.69) is 73.4 Å². The molecule has 0 aliphatic carbocycles. The summed E-state index contributed by atoms with van der Waals surface area (Å²) in [7, 11) is 0. The first kappa shape index (κ1) is 41.4. The zero-order valence-electron chi connectivity index (χ0n) is 32.7. The lowest BCUT2D eigenvalue weighted by atomic mass is 9.92. The van der Waals surface area contributed by atoms with E-state index in [-0.39, 0.29) is 35.8 Å². The Morgan fingerprint density at radius 1 is 0.574 bits per heavy atom. The average Bonchev–Trinajstić information content (AvgIpc) is 3.76. The molecule has 2 amide bonds. The maximum absolute atomic E-state index is 12.6. The first-order valence-electron chi connectivity index (χ1n) is 18.2. The van der Waals surface area contributed by atoms with Crippen LogP contribution in [-0.4, -0.2) is 56.1 Å². The maximum Gasteiger partial charge on any atom is 0.412 e. The Bertz CT molecular complexity index is 1950. The van der Waals surface area contributed by atoms with Crippen molar-refractivity contribution in [3.05, 3.63) is 71.6 Å². The van der Waals surface area contributed by atoms with E-state index in [0.29, 0.717) is 11.6 Å². The van der Waals surface area contributed by atoms with Gasteiger partial charge in [0.05, 0.1) is 35.9 Å². The summed E-state index contributed by atoms with van der Waals surface area (Å²) in [5.74, 6) is -0.342. The number of nitrogens with one attached hydrogen (secondary N) is 4. The minimum absolute atomic E-state index is 0.0546. The highest BCUT2D eigenvalue weighted by Crippen LogP contribution is 2.34. The number of rotatable bonds is 15. The van der Waals surface area contributed by atoms with Gasteiger partial charge in [0.1, 0.15) is 23.7 Å². The lowest BCUT2D eigenvalue weighted by Gasteiger charge is -2.27. The number of nitrogens with two attached hydrogens (primary N) is 2. The lowest BCUT2D eigenvalue weighted by molar-refractivity contribution is -0.142. The second-order valence-corrected chi connectivity index (χ2v) is 15.1. The maximum atomic E-state index is 12.6. The molecule has 2 aromatic heterocycles. The van der Waals surface area contributed by atoms with Gasteiger partial charge < -0.3 is 30.9 Å². The number of carbonyl (C=O) groups excluding carboxylic acids is 4. The summed E-state index contributed by atoms with van der Waals surface area (Å²) in [5.41, 5.74) is 18.2. The van der Waals surface area contributed by atoms with Crippen molar-refractivity contribution in [1.29, 1.82) is 0 Å². The first-order chi connectivity index (χ1) is 25.4. The van der Waals surface area contributed by atoms with Crippen molar-refractivity contribution in [1.82, 2.24) is 30.6 Å². The molecular weight excluding hydrogens is 688 g/mol. The quantitative estimate of drug-likeness (QED) is 0.0565. The number of hydrogen-bond acceptors (Lipinski definition) is 10. The summed E-state index contributed by atoms with van der Waals surface area (Å²) in [6, 6.07) is 10.2. The number of esters is 2. The van der Waals surface area contributed by atoms with Crippen LogP contribution in [0.25, 0.3) is 33.6 Å². The van der Waals surface area contributed by atoms with Gasteiger partial charge in [-0.3, -0.25) is 10.6 Å². The van der Waals surface area contributed by atoms with Gasteiger partial charge in [0, 0.05) is 5.56 Å². The zero-order valence-corrected chi connectivity index (χ0v) is 32.7. The largest absolute Gasteiger partial charge is 0.412 e. The zero-order chi connectivity index (χ0) is 40.0. The molecule has 0 bridgehead atoms. The fraction of sp³-hybridized carbons (Fsp3) is 0.450. The second kappa shape index (κ2) is 17.7. The molecule has 4 aromatic rings. The van der Waals surface area contributed by atoms with Crippen LogP contribution in [-0.2, 0) is 19.1 Å². The number of aromatic nitrogens is 4. The van der Waals surface area contributed by atoms with Gasteiger partial charge in [0.25, 0.3) is 0 Å². The van der Waals surface area contributed by atoms with E-state index in [0.717, 1.165) is 44.8 Å². The molecule has 4 atom stereocenters. The van der Waals surface area contributed by atoms with Crippen LogP contribution in [0.1, 0.15) is 90.2 Å². The van der Waals surface area contributed by atoms with Crippen LogP contribution in [0.2, 0.25) is 0 Å². The molecule has 14 nitrogen and oxygen atoms in total. The van der Waals surface area contributed by atoms with Crippen LogP contribution in [0.3, 0.4) is 0 Å². The molecule has 2 aromatic carbocycles. The van der Waals surface area contributed by atoms with Gasteiger partial charge in [0.15, 0.2) is 0 Å². The van der Waals surface area contributed by atoms with Gasteiger partial charge in [-0.2, -0.15) is 0 Å². The van der Waals surface area contributed by atoms with E-state index < -0.39 is 36.2 Å². The Morgan fingerprint density at radius 3 is 1.39 bits per heavy atom. The van der Waals surface area contributed by atoms with Gasteiger partial charge in [-0.05, 0) is 65.3 Å². The molecule has 290 valence electrons. The third-order valence-corrected chi connectivity index (χ3v) is 9.66. The van der Waals surface area contributed by atoms with Crippen LogP contribution >= 0.6 is 0 Å². The molecule has 8 N–H and O–H groups in total. The van der Waals surface area contributed by atoms with Crippen molar-refractivity contribution >= 4 is 24.1 Å². The summed E-state index contributed by atoms with van der Waals surface area (Å²) < 4.78 is 9.38. The summed E-state index contributed by atoms with van der Waals surface area (Å²) in [4.78, 5) is 63.9. The van der Waals surface area contributed by atoms with Gasteiger partial charge in [-0.15, -0.1) is 0 Å². The Kier molecular flexibility index (Phi) is 13.5. The van der Waals surface area contributed by atoms with Crippen LogP contribution in [0.5, 0.6) is 0 Å². The predicted octanol–water partition coefficient (Wildman–Crippen LogP) is 6.62. The lowest BCUT2D eigenvalue weighted by Crippen LogP contribution is -2.46. The molecule has 2 heterocycles. The minimum Gasteiger partial charge on any atom is -0.375 e. The number of nitrogens with zero attached hydrogens (tertiary/aromatic N) is 2. The molecule has 0 unspecified atom stereocenters. The number of hydrogen-bond donors (Lipinski definition) is 6. The molecule has 14 heteroatoms. The van der Waals surface area contributed by atoms with Gasteiger partial charge >= 0.3 is 24.1 Å². The first-order valence-corrected chi connectivity index (χ1v) is 18.2. The van der Waals surface area contributed by atoms with Gasteiger partial charge in [0.2, 0.25) is 0 Å². The standard InChI is InChI=1S/C40H54N8O6/c1-19(2)31(47-33(21(5)6)37(49)53-39(41)51)35-43-17-29(45-35)26-13-11-25(12-14-26)27-15-16-28(24(10)23(27)9)30-18-44-36(46-30)32(20(3)4)48-34(22(7)8)38(50)54-40(42)52/h11-22,31-34,47-48H,1-10H3,(H2,41,51)(H2,42,52)(H,43,45)(H,44,46)/t31-,32-,33+,34+/m1/s1. The fourth-order valence-corrected chi connectivity index (χ4v) is 6.48. The molecule has 0 fully saturated rings. The number of imidazole rings is 2. The van der Waals surface area contributed by atoms with E-state index in [9.17, 15) is 19.2 Å². The molecule has 0 aliphatic heterocycles. The van der Waals surface area contributed by atoms with E-state index in [1.165, 1.54) is 0 Å². The number of aromatic amines is 2. The molecule has 0 spiro atoms. The fourth-order valence-electron chi connectivity index (χ4n) is 6.48. The van der Waals surface area contributed by atoms with Gasteiger partial charge in [-0.25, -0.2) is 29.1 Å². The normalized spacial score (nSPS) is 14.0. The predicted molar refractivity (Wildman–Crippen MR) is 207 cm³/mol. The average molecular weight is 743 g/mol. The summed E-state index contributed by atoms with van der Waals surface area (Å²) >= 11 is 0. The number of H-pyrrole nitrogens is 2. The summed E-state index contributed by atoms with van der Waals surface area (Å²) in [5, 5.41) is 6.64. The highest BCUT2D eigenvalue weighted by atomic mass is 16.6. The van der Waals surface area contributed by atoms with Crippen molar-refractivity contribution in [2.45, 2.75) is 93.4 Å². The molecule has 0 saturated carbocycles. The van der Waals surface area contributed by atoms with Crippen LogP contribution in [0.15, 0.2) is 48.8 Å². The van der Waals surface area contributed by atoms with Crippen molar-refractivity contribution in [3.63, 3.8) is 0 Å². The summed E-state index contributed by atoms with van der Waals surface area (Å²) in [6.45, 7) is 19.7. The number of ether oxygens (including phenoxy) is 2. The molecule has 4 rings (SSSR count). The number of amides is 2. The Balaban J connectivity index is 1.54. The molecular formula is C40H54N8O6. The van der Waals surface area contributed by atoms with Crippen molar-refractivity contribution in [2.75, 3.05) is 0 Å². The van der Waals surface area contributed by atoms with E-state index in [1.807, 2.05) is 67.5 Å². The molecule has 54 heavy (non-hydrogen) atoms. The number of carbonyl (C=O) groups is 4. The van der Waals surface area contributed by atoms with E-state index in [4.69, 9.17) is 16.2 Å². The van der Waals surface area contributed by atoms with Gasteiger partial charge in [-0.1, -0.05) is 91.8 Å². The topological polar surface area (TPSA) is 220 Å². The van der Waals surface area contributed by atoms with Crippen molar-refractivity contribution in [2.24, 2.45) is 35.1 Å². The second-order valence-electron chi connectivity index (χ2n) is 15.1. The SMILES string of the molecule is Cc1c(-c2ccc(-c3cnc([C@H](N[C@H](C(=O)OC(N)=O)C(C)C)C(C)C)[nH]3)cc2)ccc(-c2cnc([C@H](N[C@H](C(=O)OC(N)=O)C(C)C)C(C)C)[nH]2)c1C. The van der Waals surface area contributed by atoms with E-state index in [1.54, 1.807) is 12.4 Å². The smallest absolute Gasteiger partial charge is 0.375 e. The van der Waals surface area contributed by atoms with Crippen LogP contribution < -0.4 is 22.1 Å². The molecule has 0 aliphatic rings. The Hall–Kier alpha value is -5.34.